The third-order valence-corrected chi connectivity index (χ3v) is 0.685. The molecule has 0 bridgehead atoms. The Morgan fingerprint density at radius 3 is 2.12 bits per heavy atom. The van der Waals surface area contributed by atoms with E-state index in [2.05, 4.69) is 5.32 Å². The monoisotopic (exact) mass is 123 g/mol. The van der Waals surface area contributed by atoms with Crippen molar-refractivity contribution in [3.63, 3.8) is 0 Å². The van der Waals surface area contributed by atoms with E-state index in [-0.39, 0.29) is 6.54 Å². The van der Waals surface area contributed by atoms with Crippen LogP contribution in [-0.4, -0.2) is 19.0 Å². The van der Waals surface area contributed by atoms with Crippen LogP contribution in [0.1, 0.15) is 13.8 Å². The lowest BCUT2D eigenvalue weighted by atomic mass is 10.4. The van der Waals surface area contributed by atoms with Gasteiger partial charge in [-0.05, 0) is 6.54 Å². The Morgan fingerprint density at radius 2 is 2.00 bits per heavy atom. The molecule has 0 heterocycles. The Labute approximate surface area is 48.1 Å². The molecule has 0 radical (unpaired) electrons. The lowest BCUT2D eigenvalue weighted by Gasteiger charge is -2.08. The van der Waals surface area contributed by atoms with Crippen LogP contribution < -0.4 is 5.32 Å². The van der Waals surface area contributed by atoms with Crippen LogP contribution in [0.4, 0.5) is 8.78 Å². The molecule has 0 atom stereocenters. The van der Waals surface area contributed by atoms with Gasteiger partial charge in [0.1, 0.15) is 0 Å². The zero-order valence-electron chi connectivity index (χ0n) is 5.17. The minimum atomic E-state index is -2.56. The van der Waals surface area contributed by atoms with Crippen molar-refractivity contribution >= 4 is 0 Å². The van der Waals surface area contributed by atoms with Crippen molar-refractivity contribution in [1.29, 1.82) is 0 Å². The van der Waals surface area contributed by atoms with Gasteiger partial charge in [0.15, 0.2) is 0 Å². The summed E-state index contributed by atoms with van der Waals surface area (Å²) in [4.78, 5) is 0. The second-order valence-electron chi connectivity index (χ2n) is 1.85. The first-order valence-electron chi connectivity index (χ1n) is 2.65. The van der Waals surface area contributed by atoms with Crippen molar-refractivity contribution in [2.75, 3.05) is 13.1 Å². The molecule has 8 heavy (non-hydrogen) atoms. The Kier molecular flexibility index (Phi) is 2.90. The van der Waals surface area contributed by atoms with Crippen LogP contribution in [-0.2, 0) is 0 Å². The fourth-order valence-electron chi connectivity index (χ4n) is 0.344. The maximum atomic E-state index is 11.8. The molecule has 0 amide bonds. The first kappa shape index (κ1) is 7.82. The summed E-state index contributed by atoms with van der Waals surface area (Å²) < 4.78 is 23.7. The van der Waals surface area contributed by atoms with Gasteiger partial charge < -0.3 is 5.32 Å². The van der Waals surface area contributed by atoms with Gasteiger partial charge in [0.25, 0.3) is 5.92 Å². The fourth-order valence-corrected chi connectivity index (χ4v) is 0.344. The van der Waals surface area contributed by atoms with Gasteiger partial charge in [0, 0.05) is 6.92 Å². The van der Waals surface area contributed by atoms with Crippen LogP contribution in [0.5, 0.6) is 0 Å². The molecule has 0 aromatic rings. The average molecular weight is 123 g/mol. The summed E-state index contributed by atoms with van der Waals surface area (Å²) >= 11 is 0. The SMILES string of the molecule is CCNCC(C)(F)F. The van der Waals surface area contributed by atoms with Crippen LogP contribution in [0.15, 0.2) is 0 Å². The van der Waals surface area contributed by atoms with Crippen LogP contribution in [0.25, 0.3) is 0 Å². The average Bonchev–Trinajstić information content (AvgIpc) is 1.59. The van der Waals surface area contributed by atoms with Crippen molar-refractivity contribution in [2.24, 2.45) is 0 Å². The molecule has 0 aliphatic rings. The molecule has 0 fully saturated rings. The zero-order valence-corrected chi connectivity index (χ0v) is 5.17. The van der Waals surface area contributed by atoms with Crippen molar-refractivity contribution in [2.45, 2.75) is 19.8 Å². The zero-order chi connectivity index (χ0) is 6.62. The highest BCUT2D eigenvalue weighted by molar-refractivity contribution is 4.59. The number of hydrogen-bond donors (Lipinski definition) is 1. The van der Waals surface area contributed by atoms with E-state index in [1.807, 2.05) is 0 Å². The van der Waals surface area contributed by atoms with Gasteiger partial charge in [-0.2, -0.15) is 0 Å². The lowest BCUT2D eigenvalue weighted by Crippen LogP contribution is -2.29. The molecule has 0 aromatic heterocycles. The van der Waals surface area contributed by atoms with Gasteiger partial charge in [0.05, 0.1) is 6.54 Å². The molecular formula is C5H11F2N. The molecule has 0 saturated carbocycles. The van der Waals surface area contributed by atoms with Crippen LogP contribution in [0.2, 0.25) is 0 Å². The smallest absolute Gasteiger partial charge is 0.257 e. The van der Waals surface area contributed by atoms with E-state index < -0.39 is 5.92 Å². The summed E-state index contributed by atoms with van der Waals surface area (Å²) in [5.41, 5.74) is 0. The minimum Gasteiger partial charge on any atom is -0.311 e. The van der Waals surface area contributed by atoms with Gasteiger partial charge in [0.2, 0.25) is 0 Å². The summed E-state index contributed by atoms with van der Waals surface area (Å²) in [5, 5.41) is 2.54. The third kappa shape index (κ3) is 5.82. The Balaban J connectivity index is 3.11. The second kappa shape index (κ2) is 2.97. The molecule has 50 valence electrons. The molecule has 0 aliphatic heterocycles. The maximum absolute atomic E-state index is 11.8. The number of halogens is 2. The van der Waals surface area contributed by atoms with E-state index in [1.165, 1.54) is 0 Å². The van der Waals surface area contributed by atoms with E-state index in [1.54, 1.807) is 6.92 Å². The molecule has 0 saturated heterocycles. The normalized spacial score (nSPS) is 12.0. The van der Waals surface area contributed by atoms with E-state index >= 15 is 0 Å². The quantitative estimate of drug-likeness (QED) is 0.595. The number of alkyl halides is 2. The molecular weight excluding hydrogens is 112 g/mol. The van der Waals surface area contributed by atoms with Gasteiger partial charge >= 0.3 is 0 Å². The van der Waals surface area contributed by atoms with Gasteiger partial charge in [-0.15, -0.1) is 0 Å². The Bertz CT molecular complexity index is 57.9. The predicted octanol–water partition coefficient (Wildman–Crippen LogP) is 1.25. The summed E-state index contributed by atoms with van der Waals surface area (Å²) in [6, 6.07) is 0. The fraction of sp³-hybridized carbons (Fsp3) is 1.00. The maximum Gasteiger partial charge on any atom is 0.257 e. The van der Waals surface area contributed by atoms with Crippen molar-refractivity contribution in [3.05, 3.63) is 0 Å². The summed E-state index contributed by atoms with van der Waals surface area (Å²) in [5.74, 6) is -2.56. The first-order valence-corrected chi connectivity index (χ1v) is 2.65. The van der Waals surface area contributed by atoms with Crippen molar-refractivity contribution in [3.8, 4) is 0 Å². The van der Waals surface area contributed by atoms with Gasteiger partial charge in [-0.25, -0.2) is 8.78 Å². The molecule has 0 spiro atoms. The third-order valence-electron chi connectivity index (χ3n) is 0.685. The van der Waals surface area contributed by atoms with E-state index in [0.717, 1.165) is 6.92 Å². The Morgan fingerprint density at radius 1 is 1.50 bits per heavy atom. The molecule has 0 aliphatic carbocycles. The summed E-state index contributed by atoms with van der Waals surface area (Å²) in [6.07, 6.45) is 0. The van der Waals surface area contributed by atoms with Gasteiger partial charge in [-0.1, -0.05) is 6.92 Å². The highest BCUT2D eigenvalue weighted by Gasteiger charge is 2.18. The molecule has 3 heteroatoms. The lowest BCUT2D eigenvalue weighted by molar-refractivity contribution is 0.0233. The molecule has 0 unspecified atom stereocenters. The number of nitrogens with one attached hydrogen (secondary N) is 1. The highest BCUT2D eigenvalue weighted by atomic mass is 19.3. The summed E-state index contributed by atoms with van der Waals surface area (Å²) in [7, 11) is 0. The summed E-state index contributed by atoms with van der Waals surface area (Å²) in [6.45, 7) is 3.08. The number of rotatable bonds is 3. The second-order valence-corrected chi connectivity index (χ2v) is 1.85. The van der Waals surface area contributed by atoms with Crippen molar-refractivity contribution in [1.82, 2.24) is 5.32 Å². The van der Waals surface area contributed by atoms with Crippen LogP contribution in [0, 0.1) is 0 Å². The molecule has 1 nitrogen and oxygen atoms in total. The predicted molar refractivity (Wildman–Crippen MR) is 29.2 cm³/mol. The van der Waals surface area contributed by atoms with Crippen LogP contribution in [0.3, 0.4) is 0 Å². The first-order chi connectivity index (χ1) is 3.56. The minimum absolute atomic E-state index is 0.219. The standard InChI is InChI=1S/C5H11F2N/c1-3-8-4-5(2,6)7/h8H,3-4H2,1-2H3. The Hall–Kier alpha value is -0.180. The van der Waals surface area contributed by atoms with E-state index in [9.17, 15) is 8.78 Å². The van der Waals surface area contributed by atoms with E-state index in [4.69, 9.17) is 0 Å². The molecule has 0 rings (SSSR count). The van der Waals surface area contributed by atoms with E-state index in [0.29, 0.717) is 6.54 Å². The van der Waals surface area contributed by atoms with Crippen LogP contribution >= 0.6 is 0 Å². The molecule has 1 N–H and O–H groups in total. The topological polar surface area (TPSA) is 12.0 Å². The van der Waals surface area contributed by atoms with Gasteiger partial charge in [-0.3, -0.25) is 0 Å². The largest absolute Gasteiger partial charge is 0.311 e. The molecule has 0 aromatic carbocycles. The van der Waals surface area contributed by atoms with Crippen molar-refractivity contribution < 1.29 is 8.78 Å². The number of hydrogen-bond acceptors (Lipinski definition) is 1. The highest BCUT2D eigenvalue weighted by Crippen LogP contribution is 2.08.